The van der Waals surface area contributed by atoms with Crippen LogP contribution in [0, 0.1) is 0 Å². The van der Waals surface area contributed by atoms with E-state index in [2.05, 4.69) is 21.3 Å². The van der Waals surface area contributed by atoms with Crippen LogP contribution < -0.4 is 21.3 Å². The Morgan fingerprint density at radius 1 is 0.560 bits per heavy atom. The van der Waals surface area contributed by atoms with Gasteiger partial charge in [0.2, 0.25) is 0 Å². The van der Waals surface area contributed by atoms with Gasteiger partial charge in [-0.05, 0) is 42.2 Å². The molecule has 0 heterocycles. The zero-order valence-corrected chi connectivity index (χ0v) is 29.0. The zero-order valence-electron chi connectivity index (χ0n) is 27.0. The molecule has 3 rings (SSSR count). The van der Waals surface area contributed by atoms with Crippen molar-refractivity contribution in [1.82, 2.24) is 21.3 Å². The summed E-state index contributed by atoms with van der Waals surface area (Å²) in [6.45, 7) is -0.443. The Bertz CT molecular complexity index is 1430. The van der Waals surface area contributed by atoms with Gasteiger partial charge in [0.1, 0.15) is 13.2 Å². The molecule has 0 aliphatic carbocycles. The number of alkyl carbamates (subject to hydrolysis) is 2. The third-order valence-corrected chi connectivity index (χ3v) is 9.13. The number of hydrogen-bond donors (Lipinski definition) is 10. The maximum atomic E-state index is 13.4. The van der Waals surface area contributed by atoms with E-state index in [0.29, 0.717) is 11.1 Å². The Labute approximate surface area is 290 Å². The summed E-state index contributed by atoms with van der Waals surface area (Å²) >= 11 is 0. The Morgan fingerprint density at radius 2 is 0.940 bits per heavy atom. The molecule has 0 aliphatic heterocycles. The fraction of sp³-hybridized carbons (Fsp3) is 0.312. The summed E-state index contributed by atoms with van der Waals surface area (Å²) in [5, 5.41) is 10.5. The van der Waals surface area contributed by atoms with Gasteiger partial charge in [-0.3, -0.25) is 9.59 Å². The smallest absolute Gasteiger partial charge is 0.447 e. The fourth-order valence-corrected chi connectivity index (χ4v) is 5.85. The predicted octanol–water partition coefficient (Wildman–Crippen LogP) is 0.693. The zero-order chi connectivity index (χ0) is 36.6. The van der Waals surface area contributed by atoms with E-state index >= 15 is 0 Å². The van der Waals surface area contributed by atoms with Gasteiger partial charge in [-0.15, -0.1) is 0 Å². The number of rotatable bonds is 18. The molecule has 16 nitrogen and oxygen atoms in total. The maximum Gasteiger partial charge on any atom is 0.492 e. The number of nitrogens with one attached hydrogen (secondary N) is 4. The monoisotopic (exact) mass is 730 g/mol. The lowest BCUT2D eigenvalue weighted by Crippen LogP contribution is -2.37. The summed E-state index contributed by atoms with van der Waals surface area (Å²) in [7, 11) is -8.43. The summed E-state index contributed by atoms with van der Waals surface area (Å²) in [6, 6.07) is 21.4. The van der Waals surface area contributed by atoms with Crippen LogP contribution in [0.3, 0.4) is 0 Å². The topological polar surface area (TPSA) is 256 Å². The van der Waals surface area contributed by atoms with Crippen molar-refractivity contribution in [3.63, 3.8) is 0 Å². The predicted molar refractivity (Wildman–Crippen MR) is 182 cm³/mol. The van der Waals surface area contributed by atoms with Gasteiger partial charge in [-0.1, -0.05) is 66.7 Å². The van der Waals surface area contributed by atoms with Crippen molar-refractivity contribution in [3.8, 4) is 0 Å². The van der Waals surface area contributed by atoms with Crippen LogP contribution in [-0.2, 0) is 9.47 Å². The summed E-state index contributed by atoms with van der Waals surface area (Å²) in [5.74, 6) is -1.12. The minimum Gasteiger partial charge on any atom is -0.447 e. The molecule has 3 aromatic rings. The molecule has 0 unspecified atom stereocenters. The lowest BCUT2D eigenvalue weighted by Gasteiger charge is -2.21. The molecule has 0 fully saturated rings. The van der Waals surface area contributed by atoms with Crippen molar-refractivity contribution in [2.45, 2.75) is 37.0 Å². The van der Waals surface area contributed by atoms with Crippen molar-refractivity contribution in [2.75, 3.05) is 26.3 Å². The van der Waals surface area contributed by atoms with Crippen LogP contribution in [0.25, 0.3) is 0 Å². The first-order valence-electron chi connectivity index (χ1n) is 15.7. The lowest BCUT2D eigenvalue weighted by atomic mass is 10.0. The van der Waals surface area contributed by atoms with Crippen LogP contribution in [0.2, 0.25) is 12.1 Å². The molecule has 0 spiro atoms. The highest BCUT2D eigenvalue weighted by molar-refractivity contribution is 6.56. The second kappa shape index (κ2) is 19.5. The minimum absolute atomic E-state index is 0.0287. The number of ether oxygens (including phenoxy) is 2. The van der Waals surface area contributed by atoms with Crippen molar-refractivity contribution in [3.05, 3.63) is 107 Å². The molecule has 2 atom stereocenters. The van der Waals surface area contributed by atoms with Crippen LogP contribution in [0.4, 0.5) is 9.59 Å². The standard InChI is InChI=1S/C32H42N4O12Si2/c37-29(35-27(23-10-3-1-4-11-23)21-47-31(39)33-16-8-18-49(41,42)43)25-14-7-15-26(20-25)30(38)36-28(24-12-5-2-6-13-24)22-48-32(40)34-17-9-19-50(44,45)46/h1-7,10-15,20,27-28,41-46H,8-9,16-19,21-22H2,(H,33,39)(H,34,40)(H,35,37)(H,36,38)/t27-,28-/m0/s1. The molecule has 50 heavy (non-hydrogen) atoms. The SMILES string of the molecule is O=C(NCCC[Si](O)(O)O)OC[C@H](NC(=O)c1cccc(C(=O)N[C@@H](COC(=O)NCCC[Si](O)(O)O)c2ccccc2)c1)c1ccccc1. The highest BCUT2D eigenvalue weighted by Crippen LogP contribution is 2.17. The van der Waals surface area contributed by atoms with E-state index in [0.717, 1.165) is 0 Å². The van der Waals surface area contributed by atoms with Crippen molar-refractivity contribution in [2.24, 2.45) is 0 Å². The van der Waals surface area contributed by atoms with E-state index in [9.17, 15) is 19.2 Å². The first kappa shape index (κ1) is 39.8. The number of carbonyl (C=O) groups is 4. The van der Waals surface area contributed by atoms with Crippen LogP contribution >= 0.6 is 0 Å². The fourth-order valence-electron chi connectivity index (χ4n) is 4.55. The molecule has 0 saturated heterocycles. The molecule has 0 bridgehead atoms. The molecule has 10 N–H and O–H groups in total. The third kappa shape index (κ3) is 15.3. The average Bonchev–Trinajstić information content (AvgIpc) is 3.08. The van der Waals surface area contributed by atoms with Gasteiger partial charge in [-0.25, -0.2) is 9.59 Å². The van der Waals surface area contributed by atoms with Gasteiger partial charge >= 0.3 is 29.8 Å². The van der Waals surface area contributed by atoms with Crippen molar-refractivity contribution >= 4 is 41.6 Å². The van der Waals surface area contributed by atoms with Crippen LogP contribution in [0.5, 0.6) is 0 Å². The molecule has 0 saturated carbocycles. The van der Waals surface area contributed by atoms with Gasteiger partial charge in [0.25, 0.3) is 11.8 Å². The van der Waals surface area contributed by atoms with E-state index in [1.807, 2.05) is 0 Å². The van der Waals surface area contributed by atoms with Crippen LogP contribution in [0.15, 0.2) is 84.9 Å². The van der Waals surface area contributed by atoms with Gasteiger partial charge in [0.15, 0.2) is 0 Å². The molecule has 0 aromatic heterocycles. The van der Waals surface area contributed by atoms with Gasteiger partial charge < -0.3 is 59.5 Å². The highest BCUT2D eigenvalue weighted by Gasteiger charge is 2.27. The second-order valence-electron chi connectivity index (χ2n) is 11.3. The quantitative estimate of drug-likeness (QED) is 0.0641. The summed E-state index contributed by atoms with van der Waals surface area (Å²) in [6.07, 6.45) is -1.38. The average molecular weight is 731 g/mol. The number of carbonyl (C=O) groups excluding carboxylic acids is 4. The first-order valence-corrected chi connectivity index (χ1v) is 19.8. The summed E-state index contributed by atoms with van der Waals surface area (Å²) < 4.78 is 10.6. The normalized spacial score (nSPS) is 12.6. The van der Waals surface area contributed by atoms with E-state index in [4.69, 9.17) is 38.2 Å². The number of amides is 4. The molecule has 18 heteroatoms. The minimum atomic E-state index is -4.22. The second-order valence-corrected chi connectivity index (χ2v) is 15.4. The largest absolute Gasteiger partial charge is 0.492 e. The Kier molecular flexibility index (Phi) is 15.5. The Hall–Kier alpha value is -4.67. The summed E-state index contributed by atoms with van der Waals surface area (Å²) in [4.78, 5) is 106. The number of benzene rings is 3. The van der Waals surface area contributed by atoms with E-state index in [-0.39, 0.29) is 62.4 Å². The molecule has 0 aliphatic rings. The summed E-state index contributed by atoms with van der Waals surface area (Å²) in [5.41, 5.74) is 1.55. The van der Waals surface area contributed by atoms with Gasteiger partial charge in [-0.2, -0.15) is 0 Å². The molecule has 3 aromatic carbocycles. The van der Waals surface area contributed by atoms with E-state index in [1.165, 1.54) is 24.3 Å². The van der Waals surface area contributed by atoms with E-state index in [1.54, 1.807) is 60.7 Å². The molecular weight excluding hydrogens is 689 g/mol. The number of hydrogen-bond acceptors (Lipinski definition) is 12. The molecular formula is C32H42N4O12Si2. The molecule has 270 valence electrons. The third-order valence-electron chi connectivity index (χ3n) is 7.08. The van der Waals surface area contributed by atoms with Crippen LogP contribution in [-0.4, -0.2) is 96.7 Å². The van der Waals surface area contributed by atoms with Crippen molar-refractivity contribution in [1.29, 1.82) is 0 Å². The molecule has 0 radical (unpaired) electrons. The van der Waals surface area contributed by atoms with Crippen LogP contribution in [0.1, 0.15) is 56.8 Å². The highest BCUT2D eigenvalue weighted by atomic mass is 28.4. The lowest BCUT2D eigenvalue weighted by molar-refractivity contribution is 0.0889. The Morgan fingerprint density at radius 3 is 1.30 bits per heavy atom. The Balaban J connectivity index is 1.63. The van der Waals surface area contributed by atoms with Crippen molar-refractivity contribution < 1.29 is 57.4 Å². The van der Waals surface area contributed by atoms with Gasteiger partial charge in [0.05, 0.1) is 12.1 Å². The van der Waals surface area contributed by atoms with Gasteiger partial charge in [0, 0.05) is 36.3 Å². The maximum absolute atomic E-state index is 13.4. The first-order chi connectivity index (χ1) is 23.7. The molecule has 4 amide bonds. The van der Waals surface area contributed by atoms with E-state index < -0.39 is 53.7 Å².